The van der Waals surface area contributed by atoms with Crippen LogP contribution in [-0.4, -0.2) is 11.7 Å². The minimum atomic E-state index is -3.55. The quantitative estimate of drug-likeness (QED) is 0.798. The lowest BCUT2D eigenvalue weighted by molar-refractivity contribution is -0.0582. The van der Waals surface area contributed by atoms with E-state index in [1.807, 2.05) is 0 Å². The molecule has 0 aliphatic rings. The smallest absolute Gasteiger partial charge is 0.298 e. The van der Waals surface area contributed by atoms with Crippen LogP contribution in [0.15, 0.2) is 24.8 Å². The van der Waals surface area contributed by atoms with Crippen LogP contribution in [0, 0.1) is 5.82 Å². The van der Waals surface area contributed by atoms with E-state index < -0.39 is 23.9 Å². The third-order valence-electron chi connectivity index (χ3n) is 1.84. The second-order valence-corrected chi connectivity index (χ2v) is 2.78. The molecule has 0 heterocycles. The Bertz CT molecular complexity index is 347. The molecule has 4 heteroatoms. The van der Waals surface area contributed by atoms with Gasteiger partial charge in [-0.05, 0) is 6.07 Å². The van der Waals surface area contributed by atoms with Crippen LogP contribution < -0.4 is 0 Å². The molecule has 0 atom stereocenters. The lowest BCUT2D eigenvalue weighted by Crippen LogP contribution is -2.20. The minimum Gasteiger partial charge on any atom is -0.390 e. The molecular weight excluding hydrogens is 193 g/mol. The Hall–Kier alpha value is -1.29. The highest BCUT2D eigenvalue weighted by atomic mass is 19.3. The SMILES string of the molecule is C=Cc1cccc(C(F)(F)CO)c1F. The first-order valence-electron chi connectivity index (χ1n) is 3.93. The van der Waals surface area contributed by atoms with Crippen LogP contribution in [0.1, 0.15) is 11.1 Å². The van der Waals surface area contributed by atoms with Crippen molar-refractivity contribution in [3.8, 4) is 0 Å². The maximum atomic E-state index is 13.3. The highest BCUT2D eigenvalue weighted by Gasteiger charge is 2.34. The van der Waals surface area contributed by atoms with Gasteiger partial charge in [0.25, 0.3) is 5.92 Å². The van der Waals surface area contributed by atoms with Crippen molar-refractivity contribution >= 4 is 6.08 Å². The largest absolute Gasteiger partial charge is 0.390 e. The molecule has 1 rings (SSSR count). The van der Waals surface area contributed by atoms with Crippen molar-refractivity contribution in [2.24, 2.45) is 0 Å². The minimum absolute atomic E-state index is 0.00405. The van der Waals surface area contributed by atoms with Gasteiger partial charge >= 0.3 is 0 Å². The Labute approximate surface area is 79.5 Å². The fourth-order valence-corrected chi connectivity index (χ4v) is 1.08. The average Bonchev–Trinajstić information content (AvgIpc) is 2.18. The molecule has 0 unspecified atom stereocenters. The summed E-state index contributed by atoms with van der Waals surface area (Å²) >= 11 is 0. The second kappa shape index (κ2) is 3.84. The zero-order valence-electron chi connectivity index (χ0n) is 7.30. The fraction of sp³-hybridized carbons (Fsp3) is 0.200. The molecule has 1 aromatic rings. The Kier molecular flexibility index (Phi) is 2.96. The van der Waals surface area contributed by atoms with Gasteiger partial charge in [-0.15, -0.1) is 0 Å². The maximum Gasteiger partial charge on any atom is 0.298 e. The molecule has 0 radical (unpaired) electrons. The number of hydrogen-bond donors (Lipinski definition) is 1. The first-order chi connectivity index (χ1) is 6.53. The van der Waals surface area contributed by atoms with Crippen molar-refractivity contribution in [2.75, 3.05) is 6.61 Å². The molecule has 0 spiro atoms. The first-order valence-corrected chi connectivity index (χ1v) is 3.93. The fourth-order valence-electron chi connectivity index (χ4n) is 1.08. The van der Waals surface area contributed by atoms with E-state index in [0.717, 1.165) is 12.1 Å². The number of aliphatic hydroxyl groups excluding tert-OH is 1. The molecule has 0 amide bonds. The van der Waals surface area contributed by atoms with E-state index in [4.69, 9.17) is 5.11 Å². The topological polar surface area (TPSA) is 20.2 Å². The van der Waals surface area contributed by atoms with Gasteiger partial charge in [-0.2, -0.15) is 8.78 Å². The summed E-state index contributed by atoms with van der Waals surface area (Å²) in [5.41, 5.74) is -0.812. The van der Waals surface area contributed by atoms with E-state index in [-0.39, 0.29) is 5.56 Å². The van der Waals surface area contributed by atoms with Crippen LogP contribution >= 0.6 is 0 Å². The molecule has 1 N–H and O–H groups in total. The molecule has 0 aliphatic carbocycles. The van der Waals surface area contributed by atoms with E-state index in [1.54, 1.807) is 0 Å². The summed E-state index contributed by atoms with van der Waals surface area (Å²) in [6.07, 6.45) is 1.15. The van der Waals surface area contributed by atoms with Gasteiger partial charge in [0.05, 0.1) is 5.56 Å². The molecule has 0 aromatic heterocycles. The van der Waals surface area contributed by atoms with Gasteiger partial charge in [0.1, 0.15) is 12.4 Å². The van der Waals surface area contributed by atoms with Crippen molar-refractivity contribution in [3.05, 3.63) is 41.7 Å². The van der Waals surface area contributed by atoms with Gasteiger partial charge in [0.15, 0.2) is 0 Å². The summed E-state index contributed by atoms with van der Waals surface area (Å²) in [6, 6.07) is 3.57. The monoisotopic (exact) mass is 202 g/mol. The summed E-state index contributed by atoms with van der Waals surface area (Å²) in [6.45, 7) is 1.88. The van der Waals surface area contributed by atoms with Gasteiger partial charge < -0.3 is 5.11 Å². The molecule has 0 saturated carbocycles. The first kappa shape index (κ1) is 10.8. The van der Waals surface area contributed by atoms with E-state index in [9.17, 15) is 13.2 Å². The Balaban J connectivity index is 3.29. The zero-order chi connectivity index (χ0) is 10.8. The van der Waals surface area contributed by atoms with Crippen LogP contribution in [0.3, 0.4) is 0 Å². The van der Waals surface area contributed by atoms with Crippen molar-refractivity contribution in [2.45, 2.75) is 5.92 Å². The van der Waals surface area contributed by atoms with Crippen LogP contribution in [-0.2, 0) is 5.92 Å². The average molecular weight is 202 g/mol. The van der Waals surface area contributed by atoms with Crippen LogP contribution in [0.2, 0.25) is 0 Å². The molecule has 0 bridgehead atoms. The predicted octanol–water partition coefficient (Wildman–Crippen LogP) is 2.55. The molecule has 76 valence electrons. The van der Waals surface area contributed by atoms with Crippen LogP contribution in [0.25, 0.3) is 6.08 Å². The van der Waals surface area contributed by atoms with Crippen LogP contribution in [0.5, 0.6) is 0 Å². The number of alkyl halides is 2. The molecule has 0 saturated heterocycles. The van der Waals surface area contributed by atoms with E-state index >= 15 is 0 Å². The van der Waals surface area contributed by atoms with Crippen molar-refractivity contribution in [1.82, 2.24) is 0 Å². The molecule has 0 fully saturated rings. The lowest BCUT2D eigenvalue weighted by Gasteiger charge is -2.15. The van der Waals surface area contributed by atoms with E-state index in [1.165, 1.54) is 12.1 Å². The maximum absolute atomic E-state index is 13.3. The van der Waals surface area contributed by atoms with Gasteiger partial charge in [-0.25, -0.2) is 4.39 Å². The normalized spacial score (nSPS) is 11.4. The number of halogens is 3. The summed E-state index contributed by atoms with van der Waals surface area (Å²) in [5, 5.41) is 8.39. The van der Waals surface area contributed by atoms with Crippen molar-refractivity contribution in [1.29, 1.82) is 0 Å². The van der Waals surface area contributed by atoms with Crippen molar-refractivity contribution in [3.63, 3.8) is 0 Å². The number of benzene rings is 1. The Morgan fingerprint density at radius 2 is 2.07 bits per heavy atom. The predicted molar refractivity (Wildman–Crippen MR) is 47.5 cm³/mol. The molecule has 14 heavy (non-hydrogen) atoms. The lowest BCUT2D eigenvalue weighted by atomic mass is 10.0. The summed E-state index contributed by atoms with van der Waals surface area (Å²) < 4.78 is 39.2. The van der Waals surface area contributed by atoms with E-state index in [0.29, 0.717) is 0 Å². The highest BCUT2D eigenvalue weighted by Crippen LogP contribution is 2.30. The second-order valence-electron chi connectivity index (χ2n) is 2.78. The third kappa shape index (κ3) is 1.80. The summed E-state index contributed by atoms with van der Waals surface area (Å²) in [4.78, 5) is 0. The van der Waals surface area contributed by atoms with Crippen LogP contribution in [0.4, 0.5) is 13.2 Å². The van der Waals surface area contributed by atoms with Gasteiger partial charge in [-0.3, -0.25) is 0 Å². The van der Waals surface area contributed by atoms with Gasteiger partial charge in [0.2, 0.25) is 0 Å². The number of aliphatic hydroxyl groups is 1. The standard InChI is InChI=1S/C10H9F3O/c1-2-7-4-3-5-8(9(7)11)10(12,13)6-14/h2-5,14H,1,6H2. The molecule has 1 aromatic carbocycles. The van der Waals surface area contributed by atoms with Gasteiger partial charge in [0, 0.05) is 5.56 Å². The Morgan fingerprint density at radius 3 is 2.57 bits per heavy atom. The number of hydrogen-bond acceptors (Lipinski definition) is 1. The summed E-state index contributed by atoms with van der Waals surface area (Å²) in [7, 11) is 0. The summed E-state index contributed by atoms with van der Waals surface area (Å²) in [5.74, 6) is -4.59. The van der Waals surface area contributed by atoms with E-state index in [2.05, 4.69) is 6.58 Å². The molecule has 0 aliphatic heterocycles. The Morgan fingerprint density at radius 1 is 1.43 bits per heavy atom. The van der Waals surface area contributed by atoms with Gasteiger partial charge in [-0.1, -0.05) is 24.8 Å². The third-order valence-corrected chi connectivity index (χ3v) is 1.84. The zero-order valence-corrected chi connectivity index (χ0v) is 7.30. The number of rotatable bonds is 3. The molecular formula is C10H9F3O. The highest BCUT2D eigenvalue weighted by molar-refractivity contribution is 5.49. The molecule has 1 nitrogen and oxygen atoms in total. The van der Waals surface area contributed by atoms with Crippen molar-refractivity contribution < 1.29 is 18.3 Å².